The lowest BCUT2D eigenvalue weighted by molar-refractivity contribution is -0.137. The molecule has 0 bridgehead atoms. The molecule has 10 heteroatoms. The van der Waals surface area contributed by atoms with Gasteiger partial charge in [-0.25, -0.2) is 0 Å². The molecule has 1 aromatic carbocycles. The van der Waals surface area contributed by atoms with E-state index in [1.807, 2.05) is 30.7 Å². The molecule has 1 atom stereocenters. The summed E-state index contributed by atoms with van der Waals surface area (Å²) in [6.07, 6.45) is 2.33. The molecular weight excluding hydrogens is 437 g/mol. The summed E-state index contributed by atoms with van der Waals surface area (Å²) in [5, 5.41) is 10.8. The Morgan fingerprint density at radius 1 is 1.30 bits per heavy atom. The highest BCUT2D eigenvalue weighted by Crippen LogP contribution is 2.35. The van der Waals surface area contributed by atoms with E-state index in [-0.39, 0.29) is 10.6 Å². The van der Waals surface area contributed by atoms with Gasteiger partial charge in [0.15, 0.2) is 11.5 Å². The van der Waals surface area contributed by atoms with E-state index >= 15 is 0 Å². The number of halogens is 4. The second kappa shape index (κ2) is 9.53. The number of aromatic nitrogens is 3. The summed E-state index contributed by atoms with van der Waals surface area (Å²) in [4.78, 5) is 12.5. The maximum atomic E-state index is 13.0. The second-order valence-electron chi connectivity index (χ2n) is 6.40. The van der Waals surface area contributed by atoms with Gasteiger partial charge in [0, 0.05) is 12.3 Å². The van der Waals surface area contributed by atoms with Gasteiger partial charge in [-0.3, -0.25) is 9.20 Å². The minimum absolute atomic E-state index is 0.218. The summed E-state index contributed by atoms with van der Waals surface area (Å²) in [6, 6.07) is 8.57. The SMILES string of the molecule is CSCCC(NC(=O)/C=C\c1ccc(Cl)c(C(F)(F)F)c1)c1nnc2ccccn12. The van der Waals surface area contributed by atoms with Crippen molar-refractivity contribution < 1.29 is 18.0 Å². The van der Waals surface area contributed by atoms with Gasteiger partial charge in [0.2, 0.25) is 5.91 Å². The van der Waals surface area contributed by atoms with Gasteiger partial charge < -0.3 is 5.32 Å². The van der Waals surface area contributed by atoms with Crippen molar-refractivity contribution in [3.8, 4) is 0 Å². The average molecular weight is 455 g/mol. The van der Waals surface area contributed by atoms with Crippen LogP contribution in [-0.4, -0.2) is 32.5 Å². The number of nitrogens with zero attached hydrogens (tertiary/aromatic N) is 3. The molecule has 3 rings (SSSR count). The average Bonchev–Trinajstić information content (AvgIpc) is 3.13. The van der Waals surface area contributed by atoms with Crippen molar-refractivity contribution in [1.29, 1.82) is 0 Å². The fourth-order valence-corrected chi connectivity index (χ4v) is 3.55. The van der Waals surface area contributed by atoms with Gasteiger partial charge in [0.25, 0.3) is 0 Å². The van der Waals surface area contributed by atoms with E-state index in [0.29, 0.717) is 17.9 Å². The van der Waals surface area contributed by atoms with Gasteiger partial charge in [0.05, 0.1) is 16.6 Å². The van der Waals surface area contributed by atoms with E-state index < -0.39 is 23.7 Å². The molecule has 3 aromatic rings. The number of benzene rings is 1. The van der Waals surface area contributed by atoms with Crippen LogP contribution in [0.5, 0.6) is 0 Å². The highest BCUT2D eigenvalue weighted by molar-refractivity contribution is 7.98. The van der Waals surface area contributed by atoms with Crippen LogP contribution in [0.2, 0.25) is 5.02 Å². The van der Waals surface area contributed by atoms with E-state index in [4.69, 9.17) is 11.6 Å². The zero-order valence-corrected chi connectivity index (χ0v) is 17.4. The summed E-state index contributed by atoms with van der Waals surface area (Å²) < 4.78 is 40.8. The second-order valence-corrected chi connectivity index (χ2v) is 7.79. The molecule has 0 radical (unpaired) electrons. The topological polar surface area (TPSA) is 59.3 Å². The van der Waals surface area contributed by atoms with Crippen molar-refractivity contribution >= 4 is 41.0 Å². The van der Waals surface area contributed by atoms with Crippen LogP contribution in [0.15, 0.2) is 48.7 Å². The van der Waals surface area contributed by atoms with Crippen molar-refractivity contribution in [2.45, 2.75) is 18.6 Å². The molecule has 30 heavy (non-hydrogen) atoms. The molecule has 0 aliphatic carbocycles. The first kappa shape index (κ1) is 22.2. The molecular formula is C20H18ClF3N4OS. The molecule has 1 amide bonds. The number of pyridine rings is 1. The Balaban J connectivity index is 1.78. The number of hydrogen-bond acceptors (Lipinski definition) is 4. The minimum atomic E-state index is -4.57. The van der Waals surface area contributed by atoms with Crippen LogP contribution >= 0.6 is 23.4 Å². The van der Waals surface area contributed by atoms with Crippen molar-refractivity contribution in [2.75, 3.05) is 12.0 Å². The molecule has 0 fully saturated rings. The van der Waals surface area contributed by atoms with Gasteiger partial charge in [-0.1, -0.05) is 23.7 Å². The molecule has 1 N–H and O–H groups in total. The first-order valence-electron chi connectivity index (χ1n) is 8.93. The summed E-state index contributed by atoms with van der Waals surface area (Å²) in [7, 11) is 0. The highest BCUT2D eigenvalue weighted by atomic mass is 35.5. The number of carbonyl (C=O) groups is 1. The molecule has 5 nitrogen and oxygen atoms in total. The van der Waals surface area contributed by atoms with E-state index in [0.717, 1.165) is 17.9 Å². The Kier molecular flexibility index (Phi) is 7.04. The smallest absolute Gasteiger partial charge is 0.342 e. The largest absolute Gasteiger partial charge is 0.417 e. The van der Waals surface area contributed by atoms with Gasteiger partial charge in [0.1, 0.15) is 0 Å². The zero-order chi connectivity index (χ0) is 21.7. The molecule has 0 saturated heterocycles. The van der Waals surface area contributed by atoms with Gasteiger partial charge >= 0.3 is 6.18 Å². The Hall–Kier alpha value is -2.52. The van der Waals surface area contributed by atoms with Crippen LogP contribution in [0.25, 0.3) is 11.7 Å². The molecule has 0 aliphatic rings. The third kappa shape index (κ3) is 5.34. The molecule has 0 spiro atoms. The standard InChI is InChI=1S/C20H18ClF3N4OS/c1-30-11-9-16(19-27-26-17-4-2-3-10-28(17)19)25-18(29)8-6-13-5-7-15(21)14(12-13)20(22,23)24/h2-8,10,12,16H,9,11H2,1H3,(H,25,29)/b8-6-. The number of alkyl halides is 3. The maximum absolute atomic E-state index is 13.0. The number of fused-ring (bicyclic) bond motifs is 1. The molecule has 2 aromatic heterocycles. The number of nitrogens with one attached hydrogen (secondary N) is 1. The van der Waals surface area contributed by atoms with Crippen molar-refractivity contribution in [3.63, 3.8) is 0 Å². The summed E-state index contributed by atoms with van der Waals surface area (Å²) in [6.45, 7) is 0. The van der Waals surface area contributed by atoms with E-state index in [9.17, 15) is 18.0 Å². The van der Waals surface area contributed by atoms with Crippen LogP contribution < -0.4 is 5.32 Å². The Bertz CT molecular complexity index is 1070. The Morgan fingerprint density at radius 2 is 2.10 bits per heavy atom. The zero-order valence-electron chi connectivity index (χ0n) is 15.9. The molecule has 1 unspecified atom stereocenters. The predicted molar refractivity (Wildman–Crippen MR) is 112 cm³/mol. The van der Waals surface area contributed by atoms with Crippen LogP contribution in [0, 0.1) is 0 Å². The van der Waals surface area contributed by atoms with Crippen LogP contribution in [0.3, 0.4) is 0 Å². The summed E-state index contributed by atoms with van der Waals surface area (Å²) in [5.41, 5.74) is -0.0674. The van der Waals surface area contributed by atoms with Gasteiger partial charge in [-0.05, 0) is 54.3 Å². The number of thioether (sulfide) groups is 1. The summed E-state index contributed by atoms with van der Waals surface area (Å²) >= 11 is 7.25. The molecule has 158 valence electrons. The number of hydrogen-bond donors (Lipinski definition) is 1. The number of amides is 1. The van der Waals surface area contributed by atoms with Crippen molar-refractivity contribution in [2.24, 2.45) is 0 Å². The normalized spacial score (nSPS) is 13.1. The predicted octanol–water partition coefficient (Wildman–Crippen LogP) is 5.03. The third-order valence-corrected chi connectivity index (χ3v) is 5.28. The fraction of sp³-hybridized carbons (Fsp3) is 0.250. The monoisotopic (exact) mass is 454 g/mol. The van der Waals surface area contributed by atoms with Gasteiger partial charge in [-0.2, -0.15) is 24.9 Å². The van der Waals surface area contributed by atoms with E-state index in [1.54, 1.807) is 16.2 Å². The Morgan fingerprint density at radius 3 is 2.83 bits per heavy atom. The lowest BCUT2D eigenvalue weighted by atomic mass is 10.1. The lowest BCUT2D eigenvalue weighted by Crippen LogP contribution is -2.29. The number of rotatable bonds is 7. The van der Waals surface area contributed by atoms with Crippen molar-refractivity contribution in [3.05, 3.63) is 70.6 Å². The van der Waals surface area contributed by atoms with E-state index in [1.165, 1.54) is 18.2 Å². The molecule has 0 saturated carbocycles. The summed E-state index contributed by atoms with van der Waals surface area (Å²) in [5.74, 6) is 0.923. The van der Waals surface area contributed by atoms with Crippen LogP contribution in [0.4, 0.5) is 13.2 Å². The highest BCUT2D eigenvalue weighted by Gasteiger charge is 2.33. The first-order valence-corrected chi connectivity index (χ1v) is 10.7. The van der Waals surface area contributed by atoms with Crippen LogP contribution in [0.1, 0.15) is 29.4 Å². The van der Waals surface area contributed by atoms with E-state index in [2.05, 4.69) is 15.5 Å². The van der Waals surface area contributed by atoms with Gasteiger partial charge in [-0.15, -0.1) is 10.2 Å². The third-order valence-electron chi connectivity index (χ3n) is 4.30. The quantitative estimate of drug-likeness (QED) is 0.509. The van der Waals surface area contributed by atoms with Crippen LogP contribution in [-0.2, 0) is 11.0 Å². The molecule has 0 aliphatic heterocycles. The maximum Gasteiger partial charge on any atom is 0.417 e. The Labute approximate surface area is 180 Å². The fourth-order valence-electron chi connectivity index (χ4n) is 2.85. The van der Waals surface area contributed by atoms with Crippen molar-refractivity contribution in [1.82, 2.24) is 19.9 Å². The first-order chi connectivity index (χ1) is 14.3. The number of carbonyl (C=O) groups excluding carboxylic acids is 1. The molecule has 2 heterocycles. The lowest BCUT2D eigenvalue weighted by Gasteiger charge is -2.16. The minimum Gasteiger partial charge on any atom is -0.342 e.